The predicted molar refractivity (Wildman–Crippen MR) is 74.2 cm³/mol. The summed E-state index contributed by atoms with van der Waals surface area (Å²) in [6, 6.07) is 18.5. The van der Waals surface area contributed by atoms with Gasteiger partial charge < -0.3 is 4.98 Å². The van der Waals surface area contributed by atoms with Crippen LogP contribution in [0.1, 0.15) is 5.56 Å². The van der Waals surface area contributed by atoms with Crippen molar-refractivity contribution in [2.75, 3.05) is 0 Å². The maximum Gasteiger partial charge on any atom is 0.138 e. The summed E-state index contributed by atoms with van der Waals surface area (Å²) in [6.07, 6.45) is 1.96. The third-order valence-electron chi connectivity index (χ3n) is 3.05. The molecule has 0 aliphatic rings. The van der Waals surface area contributed by atoms with Crippen LogP contribution in [0.25, 0.3) is 22.6 Å². The molecule has 0 aliphatic heterocycles. The third-order valence-corrected chi connectivity index (χ3v) is 3.05. The first-order chi connectivity index (χ1) is 8.84. The molecule has 88 valence electrons. The summed E-state index contributed by atoms with van der Waals surface area (Å²) in [4.78, 5) is 7.91. The Morgan fingerprint density at radius 2 is 1.61 bits per heavy atom. The lowest BCUT2D eigenvalue weighted by Gasteiger charge is -2.00. The van der Waals surface area contributed by atoms with E-state index in [1.807, 2.05) is 36.5 Å². The zero-order valence-electron chi connectivity index (χ0n) is 10.2. The number of aryl methyl sites for hydroxylation is 1. The number of nitrogens with zero attached hydrogens (tertiary/aromatic N) is 1. The maximum absolute atomic E-state index is 4.66. The summed E-state index contributed by atoms with van der Waals surface area (Å²) in [5, 5.41) is 0. The average Bonchev–Trinajstić information content (AvgIpc) is 2.90. The van der Waals surface area contributed by atoms with Gasteiger partial charge >= 0.3 is 0 Å². The molecule has 1 aromatic heterocycles. The molecule has 3 rings (SSSR count). The van der Waals surface area contributed by atoms with E-state index in [4.69, 9.17) is 0 Å². The van der Waals surface area contributed by atoms with E-state index in [0.717, 1.165) is 22.6 Å². The van der Waals surface area contributed by atoms with Gasteiger partial charge in [-0.25, -0.2) is 4.98 Å². The molecule has 3 aromatic rings. The fourth-order valence-corrected chi connectivity index (χ4v) is 2.06. The Labute approximate surface area is 106 Å². The zero-order valence-corrected chi connectivity index (χ0v) is 10.2. The number of benzene rings is 2. The summed E-state index contributed by atoms with van der Waals surface area (Å²) in [6.45, 7) is 2.10. The molecule has 0 amide bonds. The molecule has 0 atom stereocenters. The number of imidazole rings is 1. The number of nitrogens with one attached hydrogen (secondary N) is 1. The summed E-state index contributed by atoms with van der Waals surface area (Å²) < 4.78 is 0. The number of rotatable bonds is 2. The van der Waals surface area contributed by atoms with Gasteiger partial charge in [-0.05, 0) is 12.5 Å². The van der Waals surface area contributed by atoms with E-state index in [0.29, 0.717) is 0 Å². The van der Waals surface area contributed by atoms with Gasteiger partial charge in [-0.15, -0.1) is 0 Å². The number of hydrogen-bond donors (Lipinski definition) is 1. The van der Waals surface area contributed by atoms with E-state index in [9.17, 15) is 0 Å². The van der Waals surface area contributed by atoms with Crippen LogP contribution in [0.3, 0.4) is 0 Å². The summed E-state index contributed by atoms with van der Waals surface area (Å²) in [5.41, 5.74) is 4.49. The number of hydrogen-bond acceptors (Lipinski definition) is 1. The molecule has 0 saturated carbocycles. The van der Waals surface area contributed by atoms with Gasteiger partial charge in [-0.1, -0.05) is 54.6 Å². The van der Waals surface area contributed by atoms with Gasteiger partial charge in [0.2, 0.25) is 0 Å². The number of aromatic nitrogens is 2. The highest BCUT2D eigenvalue weighted by Crippen LogP contribution is 2.23. The van der Waals surface area contributed by atoms with E-state index < -0.39 is 0 Å². The SMILES string of the molecule is Cc1ccccc1-c1nc(-c2ccccc2)c[nH]1. The molecule has 2 nitrogen and oxygen atoms in total. The second-order valence-electron chi connectivity index (χ2n) is 4.32. The lowest BCUT2D eigenvalue weighted by molar-refractivity contribution is 1.29. The van der Waals surface area contributed by atoms with Crippen LogP contribution < -0.4 is 0 Å². The van der Waals surface area contributed by atoms with E-state index >= 15 is 0 Å². The lowest BCUT2D eigenvalue weighted by atomic mass is 10.1. The zero-order chi connectivity index (χ0) is 12.4. The van der Waals surface area contributed by atoms with Crippen LogP contribution in [0.2, 0.25) is 0 Å². The van der Waals surface area contributed by atoms with E-state index in [2.05, 4.69) is 41.2 Å². The Bertz CT molecular complexity index is 654. The Morgan fingerprint density at radius 3 is 2.39 bits per heavy atom. The number of H-pyrrole nitrogens is 1. The molecule has 2 heteroatoms. The molecule has 0 unspecified atom stereocenters. The summed E-state index contributed by atoms with van der Waals surface area (Å²) in [5.74, 6) is 0.923. The van der Waals surface area contributed by atoms with Crippen LogP contribution in [-0.4, -0.2) is 9.97 Å². The van der Waals surface area contributed by atoms with Gasteiger partial charge in [-0.3, -0.25) is 0 Å². The molecule has 0 saturated heterocycles. The van der Waals surface area contributed by atoms with Gasteiger partial charge in [0.05, 0.1) is 5.69 Å². The lowest BCUT2D eigenvalue weighted by Crippen LogP contribution is -1.84. The van der Waals surface area contributed by atoms with Crippen molar-refractivity contribution in [2.45, 2.75) is 6.92 Å². The molecule has 1 heterocycles. The quantitative estimate of drug-likeness (QED) is 0.712. The number of aromatic amines is 1. The summed E-state index contributed by atoms with van der Waals surface area (Å²) in [7, 11) is 0. The highest BCUT2D eigenvalue weighted by Gasteiger charge is 2.07. The first kappa shape index (κ1) is 10.8. The molecule has 1 N–H and O–H groups in total. The van der Waals surface area contributed by atoms with Crippen molar-refractivity contribution >= 4 is 0 Å². The monoisotopic (exact) mass is 234 g/mol. The molecule has 0 bridgehead atoms. The van der Waals surface area contributed by atoms with Crippen LogP contribution in [-0.2, 0) is 0 Å². The minimum atomic E-state index is 0.923. The normalized spacial score (nSPS) is 10.5. The third kappa shape index (κ3) is 1.93. The molecular weight excluding hydrogens is 220 g/mol. The van der Waals surface area contributed by atoms with Crippen molar-refractivity contribution in [1.29, 1.82) is 0 Å². The van der Waals surface area contributed by atoms with Gasteiger partial charge in [0.25, 0.3) is 0 Å². The van der Waals surface area contributed by atoms with Crippen LogP contribution in [0.4, 0.5) is 0 Å². The van der Waals surface area contributed by atoms with Crippen molar-refractivity contribution < 1.29 is 0 Å². The van der Waals surface area contributed by atoms with E-state index in [1.165, 1.54) is 5.56 Å². The van der Waals surface area contributed by atoms with Gasteiger partial charge in [-0.2, -0.15) is 0 Å². The average molecular weight is 234 g/mol. The smallest absolute Gasteiger partial charge is 0.138 e. The van der Waals surface area contributed by atoms with Crippen LogP contribution in [0, 0.1) is 6.92 Å². The van der Waals surface area contributed by atoms with Gasteiger partial charge in [0.1, 0.15) is 5.82 Å². The highest BCUT2D eigenvalue weighted by molar-refractivity contribution is 5.66. The largest absolute Gasteiger partial charge is 0.344 e. The first-order valence-corrected chi connectivity index (χ1v) is 6.01. The van der Waals surface area contributed by atoms with Crippen molar-refractivity contribution in [3.63, 3.8) is 0 Å². The minimum absolute atomic E-state index is 0.923. The molecule has 0 aliphatic carbocycles. The van der Waals surface area contributed by atoms with Crippen molar-refractivity contribution in [3.05, 3.63) is 66.4 Å². The topological polar surface area (TPSA) is 28.7 Å². The summed E-state index contributed by atoms with van der Waals surface area (Å²) >= 11 is 0. The second kappa shape index (κ2) is 4.49. The maximum atomic E-state index is 4.66. The van der Waals surface area contributed by atoms with Gasteiger partial charge in [0.15, 0.2) is 0 Å². The van der Waals surface area contributed by atoms with Crippen LogP contribution in [0.15, 0.2) is 60.8 Å². The van der Waals surface area contributed by atoms with Crippen molar-refractivity contribution in [1.82, 2.24) is 9.97 Å². The first-order valence-electron chi connectivity index (χ1n) is 6.01. The predicted octanol–water partition coefficient (Wildman–Crippen LogP) is 4.05. The van der Waals surface area contributed by atoms with Gasteiger partial charge in [0, 0.05) is 17.3 Å². The van der Waals surface area contributed by atoms with Crippen LogP contribution >= 0.6 is 0 Å². The van der Waals surface area contributed by atoms with E-state index in [-0.39, 0.29) is 0 Å². The van der Waals surface area contributed by atoms with E-state index in [1.54, 1.807) is 0 Å². The molecule has 0 radical (unpaired) electrons. The minimum Gasteiger partial charge on any atom is -0.344 e. The Hall–Kier alpha value is -2.35. The fraction of sp³-hybridized carbons (Fsp3) is 0.0625. The highest BCUT2D eigenvalue weighted by atomic mass is 14.9. The second-order valence-corrected chi connectivity index (χ2v) is 4.32. The molecule has 0 fully saturated rings. The molecule has 0 spiro atoms. The van der Waals surface area contributed by atoms with Crippen molar-refractivity contribution in [2.24, 2.45) is 0 Å². The molecular formula is C16H14N2. The molecule has 18 heavy (non-hydrogen) atoms. The van der Waals surface area contributed by atoms with Crippen LogP contribution in [0.5, 0.6) is 0 Å². The Balaban J connectivity index is 2.03. The Kier molecular flexibility index (Phi) is 2.69. The Morgan fingerprint density at radius 1 is 0.889 bits per heavy atom. The standard InChI is InChI=1S/C16H14N2/c1-12-7-5-6-10-14(12)16-17-11-15(18-16)13-8-3-2-4-9-13/h2-11H,1H3,(H,17,18). The molecule has 2 aromatic carbocycles. The fourth-order valence-electron chi connectivity index (χ4n) is 2.06. The van der Waals surface area contributed by atoms with Crippen molar-refractivity contribution in [3.8, 4) is 22.6 Å².